The fourth-order valence-corrected chi connectivity index (χ4v) is 3.29. The highest BCUT2D eigenvalue weighted by Gasteiger charge is 2.38. The SMILES string of the molecule is CCc1cc(CC2(N)CCCC(C)C2C)n(C)n1. The molecule has 3 atom stereocenters. The molecule has 1 aliphatic rings. The van der Waals surface area contributed by atoms with E-state index in [1.807, 2.05) is 11.7 Å². The van der Waals surface area contributed by atoms with E-state index in [1.165, 1.54) is 24.2 Å². The van der Waals surface area contributed by atoms with Gasteiger partial charge in [0.25, 0.3) is 0 Å². The van der Waals surface area contributed by atoms with Gasteiger partial charge in [0.2, 0.25) is 0 Å². The van der Waals surface area contributed by atoms with Gasteiger partial charge in [-0.3, -0.25) is 4.68 Å². The minimum atomic E-state index is -0.0452. The summed E-state index contributed by atoms with van der Waals surface area (Å²) in [5.41, 5.74) is 9.12. The van der Waals surface area contributed by atoms with E-state index in [-0.39, 0.29) is 5.54 Å². The molecule has 1 heterocycles. The molecule has 102 valence electrons. The van der Waals surface area contributed by atoms with Crippen LogP contribution in [0.15, 0.2) is 6.07 Å². The molecule has 1 aliphatic carbocycles. The number of rotatable bonds is 3. The first-order chi connectivity index (χ1) is 8.46. The zero-order valence-corrected chi connectivity index (χ0v) is 12.2. The summed E-state index contributed by atoms with van der Waals surface area (Å²) in [5.74, 6) is 1.33. The van der Waals surface area contributed by atoms with Crippen LogP contribution in [0.4, 0.5) is 0 Å². The molecule has 3 heteroatoms. The minimum absolute atomic E-state index is 0.0452. The number of hydrogen-bond donors (Lipinski definition) is 1. The average molecular weight is 249 g/mol. The van der Waals surface area contributed by atoms with Crippen LogP contribution in [0, 0.1) is 11.8 Å². The highest BCUT2D eigenvalue weighted by atomic mass is 15.3. The third-order valence-electron chi connectivity index (χ3n) is 4.96. The fraction of sp³-hybridized carbons (Fsp3) is 0.800. The smallest absolute Gasteiger partial charge is 0.0624 e. The highest BCUT2D eigenvalue weighted by molar-refractivity contribution is 5.15. The van der Waals surface area contributed by atoms with Gasteiger partial charge in [-0.1, -0.05) is 33.6 Å². The lowest BCUT2D eigenvalue weighted by Crippen LogP contribution is -2.52. The van der Waals surface area contributed by atoms with Crippen molar-refractivity contribution < 1.29 is 0 Å². The Labute approximate surface area is 111 Å². The van der Waals surface area contributed by atoms with E-state index in [9.17, 15) is 0 Å². The zero-order valence-electron chi connectivity index (χ0n) is 12.2. The summed E-state index contributed by atoms with van der Waals surface area (Å²) >= 11 is 0. The molecule has 0 spiro atoms. The first-order valence-electron chi connectivity index (χ1n) is 7.27. The van der Waals surface area contributed by atoms with Crippen molar-refractivity contribution in [3.8, 4) is 0 Å². The van der Waals surface area contributed by atoms with Crippen molar-refractivity contribution in [3.05, 3.63) is 17.5 Å². The molecule has 3 unspecified atom stereocenters. The maximum atomic E-state index is 6.70. The quantitative estimate of drug-likeness (QED) is 0.895. The second-order valence-electron chi connectivity index (χ2n) is 6.17. The summed E-state index contributed by atoms with van der Waals surface area (Å²) < 4.78 is 2.01. The van der Waals surface area contributed by atoms with Gasteiger partial charge in [0.15, 0.2) is 0 Å². The average Bonchev–Trinajstić information content (AvgIpc) is 2.67. The second kappa shape index (κ2) is 5.04. The molecule has 2 rings (SSSR count). The maximum absolute atomic E-state index is 6.70. The van der Waals surface area contributed by atoms with Crippen molar-refractivity contribution >= 4 is 0 Å². The molecule has 2 N–H and O–H groups in total. The Bertz CT molecular complexity index is 410. The molecule has 18 heavy (non-hydrogen) atoms. The lowest BCUT2D eigenvalue weighted by molar-refractivity contribution is 0.141. The van der Waals surface area contributed by atoms with Crippen LogP contribution in [0.1, 0.15) is 51.4 Å². The fourth-order valence-electron chi connectivity index (χ4n) is 3.29. The largest absolute Gasteiger partial charge is 0.324 e. The zero-order chi connectivity index (χ0) is 13.3. The molecule has 0 amide bonds. The molecule has 0 aliphatic heterocycles. The Morgan fingerprint density at radius 3 is 2.83 bits per heavy atom. The molecule has 3 nitrogen and oxygen atoms in total. The number of aryl methyl sites for hydroxylation is 2. The lowest BCUT2D eigenvalue weighted by Gasteiger charge is -2.43. The summed E-state index contributed by atoms with van der Waals surface area (Å²) in [4.78, 5) is 0. The topological polar surface area (TPSA) is 43.8 Å². The van der Waals surface area contributed by atoms with Gasteiger partial charge in [-0.2, -0.15) is 5.10 Å². The van der Waals surface area contributed by atoms with Gasteiger partial charge in [-0.05, 0) is 30.7 Å². The van der Waals surface area contributed by atoms with E-state index in [4.69, 9.17) is 5.73 Å². The van der Waals surface area contributed by atoms with Crippen LogP contribution in [0.3, 0.4) is 0 Å². The molecule has 1 saturated carbocycles. The Kier molecular flexibility index (Phi) is 3.81. The Hall–Kier alpha value is -0.830. The Morgan fingerprint density at radius 2 is 2.22 bits per heavy atom. The number of nitrogens with zero attached hydrogens (tertiary/aromatic N) is 2. The molecular weight excluding hydrogens is 222 g/mol. The van der Waals surface area contributed by atoms with Gasteiger partial charge in [-0.25, -0.2) is 0 Å². The van der Waals surface area contributed by atoms with Crippen molar-refractivity contribution in [1.29, 1.82) is 0 Å². The van der Waals surface area contributed by atoms with E-state index in [2.05, 4.69) is 31.9 Å². The van der Waals surface area contributed by atoms with Crippen LogP contribution in [0.5, 0.6) is 0 Å². The standard InChI is InChI=1S/C15H27N3/c1-5-13-9-14(18(4)17-13)10-15(16)8-6-7-11(2)12(15)3/h9,11-12H,5-8,10,16H2,1-4H3. The molecule has 1 aromatic heterocycles. The summed E-state index contributed by atoms with van der Waals surface area (Å²) in [5, 5.41) is 4.53. The van der Waals surface area contributed by atoms with Crippen LogP contribution in [-0.2, 0) is 19.9 Å². The molecule has 0 radical (unpaired) electrons. The van der Waals surface area contributed by atoms with Gasteiger partial charge in [-0.15, -0.1) is 0 Å². The third kappa shape index (κ3) is 2.46. The van der Waals surface area contributed by atoms with Crippen molar-refractivity contribution in [3.63, 3.8) is 0 Å². The van der Waals surface area contributed by atoms with Crippen molar-refractivity contribution in [2.45, 2.75) is 58.4 Å². The summed E-state index contributed by atoms with van der Waals surface area (Å²) in [6, 6.07) is 2.22. The van der Waals surface area contributed by atoms with Gasteiger partial charge >= 0.3 is 0 Å². The van der Waals surface area contributed by atoms with Crippen LogP contribution in [0.25, 0.3) is 0 Å². The third-order valence-corrected chi connectivity index (χ3v) is 4.96. The monoisotopic (exact) mass is 249 g/mol. The first-order valence-corrected chi connectivity index (χ1v) is 7.27. The molecular formula is C15H27N3. The van der Waals surface area contributed by atoms with Gasteiger partial charge in [0, 0.05) is 24.7 Å². The van der Waals surface area contributed by atoms with E-state index in [0.29, 0.717) is 5.92 Å². The number of aromatic nitrogens is 2. The molecule has 0 aromatic carbocycles. The maximum Gasteiger partial charge on any atom is 0.0624 e. The van der Waals surface area contributed by atoms with E-state index >= 15 is 0 Å². The number of hydrogen-bond acceptors (Lipinski definition) is 2. The molecule has 1 fully saturated rings. The summed E-state index contributed by atoms with van der Waals surface area (Å²) in [7, 11) is 2.04. The van der Waals surface area contributed by atoms with Gasteiger partial charge in [0.1, 0.15) is 0 Å². The van der Waals surface area contributed by atoms with E-state index in [1.54, 1.807) is 0 Å². The predicted molar refractivity (Wildman–Crippen MR) is 75.4 cm³/mol. The highest BCUT2D eigenvalue weighted by Crippen LogP contribution is 2.38. The van der Waals surface area contributed by atoms with Gasteiger partial charge < -0.3 is 5.73 Å². The summed E-state index contributed by atoms with van der Waals surface area (Å²) in [6.45, 7) is 6.81. The lowest BCUT2D eigenvalue weighted by atomic mass is 9.67. The van der Waals surface area contributed by atoms with E-state index < -0.39 is 0 Å². The summed E-state index contributed by atoms with van der Waals surface area (Å²) in [6.07, 6.45) is 5.69. The van der Waals surface area contributed by atoms with Crippen molar-refractivity contribution in [1.82, 2.24) is 9.78 Å². The van der Waals surface area contributed by atoms with Crippen molar-refractivity contribution in [2.75, 3.05) is 0 Å². The number of nitrogens with two attached hydrogens (primary N) is 1. The second-order valence-corrected chi connectivity index (χ2v) is 6.17. The Balaban J connectivity index is 2.18. The van der Waals surface area contributed by atoms with Crippen LogP contribution >= 0.6 is 0 Å². The minimum Gasteiger partial charge on any atom is -0.324 e. The Morgan fingerprint density at radius 1 is 1.50 bits per heavy atom. The predicted octanol–water partition coefficient (Wildman–Crippen LogP) is 2.68. The molecule has 0 saturated heterocycles. The van der Waals surface area contributed by atoms with E-state index in [0.717, 1.165) is 25.2 Å². The van der Waals surface area contributed by atoms with Crippen LogP contribution in [0.2, 0.25) is 0 Å². The molecule has 0 bridgehead atoms. The van der Waals surface area contributed by atoms with Gasteiger partial charge in [0.05, 0.1) is 5.69 Å². The first kappa shape index (κ1) is 13.6. The molecule has 1 aromatic rings. The van der Waals surface area contributed by atoms with Crippen LogP contribution in [-0.4, -0.2) is 15.3 Å². The normalized spacial score (nSPS) is 32.7. The van der Waals surface area contributed by atoms with Crippen molar-refractivity contribution in [2.24, 2.45) is 24.6 Å². The van der Waals surface area contributed by atoms with Crippen LogP contribution < -0.4 is 5.73 Å².